The van der Waals surface area contributed by atoms with Crippen molar-refractivity contribution in [1.82, 2.24) is 10.2 Å². The van der Waals surface area contributed by atoms with Gasteiger partial charge < -0.3 is 18.6 Å². The van der Waals surface area contributed by atoms with E-state index in [9.17, 15) is 0 Å². The van der Waals surface area contributed by atoms with Crippen molar-refractivity contribution in [3.63, 3.8) is 0 Å². The average Bonchev–Trinajstić information content (AvgIpc) is 3.11. The molecule has 3 aromatic rings. The van der Waals surface area contributed by atoms with Crippen LogP contribution in [0.1, 0.15) is 12.0 Å². The third kappa shape index (κ3) is 2.59. The molecule has 0 fully saturated rings. The Hall–Kier alpha value is -3.02. The summed E-state index contributed by atoms with van der Waals surface area (Å²) >= 11 is 0. The van der Waals surface area contributed by atoms with Gasteiger partial charge in [-0.25, -0.2) is 0 Å². The molecule has 1 atom stereocenters. The Bertz CT molecular complexity index is 813. The van der Waals surface area contributed by atoms with Crippen LogP contribution < -0.4 is 14.2 Å². The highest BCUT2D eigenvalue weighted by Crippen LogP contribution is 2.36. The van der Waals surface area contributed by atoms with Crippen molar-refractivity contribution in [3.05, 3.63) is 54.4 Å². The Labute approximate surface area is 132 Å². The molecular formula is C17H14N2O4. The van der Waals surface area contributed by atoms with Crippen molar-refractivity contribution in [2.45, 2.75) is 6.10 Å². The Morgan fingerprint density at radius 1 is 1.00 bits per heavy atom. The highest BCUT2D eigenvalue weighted by molar-refractivity contribution is 5.54. The Morgan fingerprint density at radius 3 is 2.57 bits per heavy atom. The maximum atomic E-state index is 5.86. The number of fused-ring (bicyclic) bond motifs is 1. The molecule has 0 amide bonds. The van der Waals surface area contributed by atoms with Crippen LogP contribution in [0.2, 0.25) is 0 Å². The molecule has 1 aliphatic rings. The minimum absolute atomic E-state index is 0.335. The van der Waals surface area contributed by atoms with Crippen LogP contribution in [-0.4, -0.2) is 23.9 Å². The van der Waals surface area contributed by atoms with Crippen LogP contribution in [-0.2, 0) is 0 Å². The number of methoxy groups -OCH3 is 1. The van der Waals surface area contributed by atoms with Crippen LogP contribution >= 0.6 is 0 Å². The quantitative estimate of drug-likeness (QED) is 0.740. The Kier molecular flexibility index (Phi) is 3.34. The molecule has 116 valence electrons. The Morgan fingerprint density at radius 2 is 1.78 bits per heavy atom. The van der Waals surface area contributed by atoms with Crippen molar-refractivity contribution in [2.24, 2.45) is 0 Å². The topological polar surface area (TPSA) is 66.6 Å². The number of hydrogen-bond donors (Lipinski definition) is 0. The zero-order chi connectivity index (χ0) is 15.6. The number of rotatable bonds is 3. The van der Waals surface area contributed by atoms with Gasteiger partial charge in [-0.05, 0) is 36.4 Å². The van der Waals surface area contributed by atoms with E-state index in [1.165, 1.54) is 0 Å². The number of hydrogen-bond acceptors (Lipinski definition) is 6. The first-order valence-electron chi connectivity index (χ1n) is 7.20. The van der Waals surface area contributed by atoms with E-state index in [1.54, 1.807) is 7.11 Å². The van der Waals surface area contributed by atoms with Gasteiger partial charge in [-0.2, -0.15) is 0 Å². The van der Waals surface area contributed by atoms with Crippen LogP contribution in [0.4, 0.5) is 0 Å². The first-order valence-corrected chi connectivity index (χ1v) is 7.20. The van der Waals surface area contributed by atoms with Crippen molar-refractivity contribution in [3.8, 4) is 28.7 Å². The fourth-order valence-electron chi connectivity index (χ4n) is 2.36. The van der Waals surface area contributed by atoms with Crippen LogP contribution in [0.15, 0.2) is 52.9 Å². The predicted molar refractivity (Wildman–Crippen MR) is 81.6 cm³/mol. The maximum absolute atomic E-state index is 5.86. The third-order valence-corrected chi connectivity index (χ3v) is 3.56. The molecule has 0 aliphatic carbocycles. The third-order valence-electron chi connectivity index (χ3n) is 3.56. The molecule has 1 aliphatic heterocycles. The molecule has 2 aromatic carbocycles. The minimum Gasteiger partial charge on any atom is -0.497 e. The second-order valence-electron chi connectivity index (χ2n) is 5.04. The summed E-state index contributed by atoms with van der Waals surface area (Å²) in [5.74, 6) is 3.00. The van der Waals surface area contributed by atoms with Crippen molar-refractivity contribution >= 4 is 0 Å². The number of nitrogens with zero attached hydrogens (tertiary/aromatic N) is 2. The molecule has 6 heteroatoms. The first kappa shape index (κ1) is 13.6. The lowest BCUT2D eigenvalue weighted by atomic mass is 10.2. The summed E-state index contributed by atoms with van der Waals surface area (Å²) in [4.78, 5) is 0. The molecule has 0 saturated heterocycles. The fraction of sp³-hybridized carbons (Fsp3) is 0.176. The van der Waals surface area contributed by atoms with Gasteiger partial charge in [-0.1, -0.05) is 12.1 Å². The smallest absolute Gasteiger partial charge is 0.260 e. The number of benzene rings is 2. The highest BCUT2D eigenvalue weighted by atomic mass is 16.6. The van der Waals surface area contributed by atoms with Crippen molar-refractivity contribution in [2.75, 3.05) is 13.7 Å². The van der Waals surface area contributed by atoms with E-state index in [2.05, 4.69) is 10.2 Å². The van der Waals surface area contributed by atoms with Crippen molar-refractivity contribution in [1.29, 1.82) is 0 Å². The van der Waals surface area contributed by atoms with Gasteiger partial charge >= 0.3 is 0 Å². The highest BCUT2D eigenvalue weighted by Gasteiger charge is 2.27. The molecule has 1 aromatic heterocycles. The fourth-order valence-corrected chi connectivity index (χ4v) is 2.36. The lowest BCUT2D eigenvalue weighted by molar-refractivity contribution is 0.0716. The lowest BCUT2D eigenvalue weighted by Gasteiger charge is -2.23. The largest absolute Gasteiger partial charge is 0.497 e. The summed E-state index contributed by atoms with van der Waals surface area (Å²) in [6.45, 7) is 0.335. The molecule has 2 heterocycles. The van der Waals surface area contributed by atoms with Gasteiger partial charge in [-0.15, -0.1) is 10.2 Å². The molecule has 0 N–H and O–H groups in total. The molecule has 6 nitrogen and oxygen atoms in total. The zero-order valence-electron chi connectivity index (χ0n) is 12.4. The van der Waals surface area contributed by atoms with E-state index >= 15 is 0 Å². The Balaban J connectivity index is 1.56. The summed E-state index contributed by atoms with van der Waals surface area (Å²) in [5.41, 5.74) is 0.821. The van der Waals surface area contributed by atoms with E-state index in [-0.39, 0.29) is 0 Å². The number of ether oxygens (including phenoxy) is 3. The molecule has 23 heavy (non-hydrogen) atoms. The average molecular weight is 310 g/mol. The van der Waals surface area contributed by atoms with Crippen LogP contribution in [0, 0.1) is 0 Å². The van der Waals surface area contributed by atoms with Gasteiger partial charge in [-0.3, -0.25) is 0 Å². The van der Waals surface area contributed by atoms with E-state index in [0.29, 0.717) is 24.1 Å². The maximum Gasteiger partial charge on any atom is 0.260 e. The van der Waals surface area contributed by atoms with Crippen LogP contribution in [0.5, 0.6) is 17.2 Å². The molecular weight excluding hydrogens is 296 g/mol. The molecule has 0 unspecified atom stereocenters. The molecule has 4 rings (SSSR count). The van der Waals surface area contributed by atoms with E-state index in [4.69, 9.17) is 18.6 Å². The first-order chi connectivity index (χ1) is 11.3. The van der Waals surface area contributed by atoms with Crippen molar-refractivity contribution < 1.29 is 18.6 Å². The number of aromatic nitrogens is 2. The van der Waals surface area contributed by atoms with E-state index < -0.39 is 6.10 Å². The number of para-hydroxylation sites is 2. The summed E-state index contributed by atoms with van der Waals surface area (Å²) in [5, 5.41) is 8.16. The van der Waals surface area contributed by atoms with Crippen LogP contribution in [0.25, 0.3) is 11.5 Å². The summed E-state index contributed by atoms with van der Waals surface area (Å²) < 4.78 is 22.4. The lowest BCUT2D eigenvalue weighted by Crippen LogP contribution is -2.21. The minimum atomic E-state index is -0.413. The van der Waals surface area contributed by atoms with Gasteiger partial charge in [0.25, 0.3) is 5.89 Å². The second kappa shape index (κ2) is 5.64. The molecule has 0 radical (unpaired) electrons. The molecule has 0 bridgehead atoms. The zero-order valence-corrected chi connectivity index (χ0v) is 12.4. The summed E-state index contributed by atoms with van der Waals surface area (Å²) in [6.07, 6.45) is -0.413. The van der Waals surface area contributed by atoms with Gasteiger partial charge in [0.05, 0.1) is 7.11 Å². The monoisotopic (exact) mass is 310 g/mol. The van der Waals surface area contributed by atoms with E-state index in [0.717, 1.165) is 17.1 Å². The normalized spacial score (nSPS) is 16.1. The van der Waals surface area contributed by atoms with Gasteiger partial charge in [0.2, 0.25) is 12.0 Å². The van der Waals surface area contributed by atoms with Gasteiger partial charge in [0, 0.05) is 5.56 Å². The second-order valence-corrected chi connectivity index (χ2v) is 5.04. The molecule has 0 saturated carbocycles. The van der Waals surface area contributed by atoms with Gasteiger partial charge in [0.15, 0.2) is 11.5 Å². The predicted octanol–water partition coefficient (Wildman–Crippen LogP) is 3.26. The summed E-state index contributed by atoms with van der Waals surface area (Å²) in [6, 6.07) is 14.9. The van der Waals surface area contributed by atoms with E-state index in [1.807, 2.05) is 48.5 Å². The molecule has 0 spiro atoms. The van der Waals surface area contributed by atoms with Crippen LogP contribution in [0.3, 0.4) is 0 Å². The SMILES string of the molecule is COc1ccc(-c2nnc([C@H]3COc4ccccc4O3)o2)cc1. The van der Waals surface area contributed by atoms with Gasteiger partial charge in [0.1, 0.15) is 12.4 Å². The summed E-state index contributed by atoms with van der Waals surface area (Å²) in [7, 11) is 1.62. The standard InChI is InChI=1S/C17H14N2O4/c1-20-12-8-6-11(7-9-12)16-18-19-17(23-16)15-10-21-13-4-2-3-5-14(13)22-15/h2-9,15H,10H2,1H3/t15-/m1/s1.